The number of benzene rings is 5. The third-order valence-corrected chi connectivity index (χ3v) is 16.0. The Hall–Kier alpha value is -7.30. The lowest BCUT2D eigenvalue weighted by Crippen LogP contribution is -1.99. The zero-order chi connectivity index (χ0) is 53.7. The minimum absolute atomic E-state index is 1.02. The molecule has 398 valence electrons. The molecule has 4 heteroatoms. The van der Waals surface area contributed by atoms with E-state index in [2.05, 4.69) is 181 Å². The Morgan fingerprint density at radius 3 is 0.628 bits per heavy atom. The molecule has 0 aliphatic carbocycles. The van der Waals surface area contributed by atoms with Gasteiger partial charge < -0.3 is 0 Å². The van der Waals surface area contributed by atoms with Crippen LogP contribution in [0.15, 0.2) is 183 Å². The Bertz CT molecular complexity index is 2840. The van der Waals surface area contributed by atoms with E-state index < -0.39 is 0 Å². The van der Waals surface area contributed by atoms with Gasteiger partial charge in [0.2, 0.25) is 0 Å². The zero-order valence-corrected chi connectivity index (χ0v) is 47.3. The lowest BCUT2D eigenvalue weighted by Gasteiger charge is -2.22. The quantitative estimate of drug-likeness (QED) is 0.0459. The van der Waals surface area contributed by atoms with Crippen molar-refractivity contribution in [3.8, 4) is 89.0 Å². The summed E-state index contributed by atoms with van der Waals surface area (Å²) in [4.78, 5) is 17.7. The first-order valence-corrected chi connectivity index (χ1v) is 29.9. The third kappa shape index (κ3) is 14.2. The average Bonchev–Trinajstić information content (AvgIpc) is 3.66. The van der Waals surface area contributed by atoms with Gasteiger partial charge in [-0.25, -0.2) is 0 Å². The first-order chi connectivity index (χ1) is 38.6. The van der Waals surface area contributed by atoms with E-state index in [0.717, 1.165) is 51.4 Å². The van der Waals surface area contributed by atoms with Crippen molar-refractivity contribution in [1.29, 1.82) is 0 Å². The second kappa shape index (κ2) is 28.9. The van der Waals surface area contributed by atoms with Gasteiger partial charge in [-0.2, -0.15) is 0 Å². The fourth-order valence-electron chi connectivity index (χ4n) is 11.6. The molecule has 0 fully saturated rings. The van der Waals surface area contributed by atoms with Crippen LogP contribution in [0, 0.1) is 0 Å². The highest BCUT2D eigenvalue weighted by Crippen LogP contribution is 2.46. The van der Waals surface area contributed by atoms with E-state index in [0.29, 0.717) is 0 Å². The summed E-state index contributed by atoms with van der Waals surface area (Å²) < 4.78 is 0. The smallest absolute Gasteiger partial charge is 0.0273 e. The molecule has 0 spiro atoms. The van der Waals surface area contributed by atoms with Crippen LogP contribution in [0.2, 0.25) is 0 Å². The first kappa shape index (κ1) is 55.5. The van der Waals surface area contributed by atoms with Gasteiger partial charge in [0.1, 0.15) is 0 Å². The van der Waals surface area contributed by atoms with Crippen molar-refractivity contribution in [2.45, 2.75) is 156 Å². The van der Waals surface area contributed by atoms with E-state index in [1.54, 1.807) is 0 Å². The Morgan fingerprint density at radius 1 is 0.205 bits per heavy atom. The number of aryl methyl sites for hydroxylation is 4. The average molecular weight is 1030 g/mol. The summed E-state index contributed by atoms with van der Waals surface area (Å²) in [6, 6.07) is 51.8. The molecular weight excluding hydrogens is 945 g/mol. The Labute approximate surface area is 468 Å². The van der Waals surface area contributed by atoms with E-state index in [1.165, 1.54) is 188 Å². The lowest BCUT2D eigenvalue weighted by atomic mass is 9.82. The first-order valence-electron chi connectivity index (χ1n) is 29.9. The van der Waals surface area contributed by atoms with E-state index >= 15 is 0 Å². The van der Waals surface area contributed by atoms with E-state index in [4.69, 9.17) is 0 Å². The number of hydrogen-bond donors (Lipinski definition) is 0. The van der Waals surface area contributed by atoms with Crippen LogP contribution in [0.25, 0.3) is 89.0 Å². The summed E-state index contributed by atoms with van der Waals surface area (Å²) in [5.41, 5.74) is 25.7. The summed E-state index contributed by atoms with van der Waals surface area (Å²) in [6.07, 6.45) is 38.9. The van der Waals surface area contributed by atoms with Crippen molar-refractivity contribution in [1.82, 2.24) is 19.9 Å². The highest BCUT2D eigenvalue weighted by molar-refractivity contribution is 5.97. The molecule has 4 aromatic heterocycles. The molecule has 0 unspecified atom stereocenters. The van der Waals surface area contributed by atoms with E-state index in [-0.39, 0.29) is 0 Å². The van der Waals surface area contributed by atoms with Gasteiger partial charge in [0.15, 0.2) is 0 Å². The molecule has 5 aromatic carbocycles. The topological polar surface area (TPSA) is 51.6 Å². The summed E-state index contributed by atoms with van der Waals surface area (Å²) in [7, 11) is 0. The number of unbranched alkanes of at least 4 members (excludes halogenated alkanes) is 12. The van der Waals surface area contributed by atoms with Gasteiger partial charge in [-0.3, -0.25) is 19.9 Å². The third-order valence-electron chi connectivity index (χ3n) is 16.0. The molecule has 0 N–H and O–H groups in total. The SMILES string of the molecule is CCCCCCc1cc(-c2cc(-c3ccc(-c4ccncc4)c(CCCCCC)c3)c(-c3ccc(-c4ccncc4)c(CCCCCC)c3)cc2-c2ccc(-c3ccncc3)c(CCCCCC)c2)ccc1-c1ccncc1. The maximum absolute atomic E-state index is 4.42. The molecule has 78 heavy (non-hydrogen) atoms. The molecule has 0 bridgehead atoms. The molecule has 0 aliphatic rings. The van der Waals surface area contributed by atoms with Crippen LogP contribution >= 0.6 is 0 Å². The standard InChI is InChI=1S/C74H82N4/c1-5-9-13-17-21-59-49-63(25-29-67(59)55-33-41-75-42-34-55)71-53-73(65-27-31-69(57-37-45-77-46-38-57)61(51-65)23-19-15-11-7-3)74(66-28-32-70(58-39-47-78-48-40-58)62(52-66)24-20-16-12-8-4)54-72(71)64-26-30-68(56-35-43-76-44-36-56)60(50-64)22-18-14-10-6-2/h25-54H,5-24H2,1-4H3. The predicted octanol–water partition coefficient (Wildman–Crippen LogP) is 21.1. The highest BCUT2D eigenvalue weighted by atomic mass is 14.6. The molecule has 0 saturated carbocycles. The molecule has 4 heterocycles. The van der Waals surface area contributed by atoms with Crippen LogP contribution in [0.1, 0.15) is 153 Å². The predicted molar refractivity (Wildman–Crippen MR) is 332 cm³/mol. The molecule has 4 nitrogen and oxygen atoms in total. The largest absolute Gasteiger partial charge is 0.265 e. The summed E-state index contributed by atoms with van der Waals surface area (Å²) in [6.45, 7) is 9.21. The van der Waals surface area contributed by atoms with Crippen LogP contribution in [0.3, 0.4) is 0 Å². The number of nitrogens with zero attached hydrogens (tertiary/aromatic N) is 4. The van der Waals surface area contributed by atoms with Crippen LogP contribution in [0.4, 0.5) is 0 Å². The summed E-state index contributed by atoms with van der Waals surface area (Å²) in [5.74, 6) is 0. The molecule has 0 radical (unpaired) electrons. The number of aromatic nitrogens is 4. The normalized spacial score (nSPS) is 11.3. The van der Waals surface area contributed by atoms with Crippen LogP contribution in [-0.2, 0) is 25.7 Å². The van der Waals surface area contributed by atoms with Crippen molar-refractivity contribution < 1.29 is 0 Å². The van der Waals surface area contributed by atoms with E-state index in [1.807, 2.05) is 49.6 Å². The Balaban J connectivity index is 1.33. The molecule has 0 atom stereocenters. The van der Waals surface area contributed by atoms with Gasteiger partial charge in [-0.15, -0.1) is 0 Å². The van der Waals surface area contributed by atoms with Gasteiger partial charge >= 0.3 is 0 Å². The van der Waals surface area contributed by atoms with Crippen LogP contribution in [-0.4, -0.2) is 19.9 Å². The van der Waals surface area contributed by atoms with Gasteiger partial charge in [0.25, 0.3) is 0 Å². The molecule has 0 saturated heterocycles. The number of pyridine rings is 4. The minimum Gasteiger partial charge on any atom is -0.265 e. The van der Waals surface area contributed by atoms with Crippen molar-refractivity contribution in [3.05, 3.63) is 205 Å². The number of rotatable bonds is 28. The highest BCUT2D eigenvalue weighted by Gasteiger charge is 2.21. The minimum atomic E-state index is 1.02. The van der Waals surface area contributed by atoms with Gasteiger partial charge in [0, 0.05) is 49.6 Å². The Kier molecular flexibility index (Phi) is 20.5. The van der Waals surface area contributed by atoms with Crippen molar-refractivity contribution in [3.63, 3.8) is 0 Å². The molecule has 0 amide bonds. The summed E-state index contributed by atoms with van der Waals surface area (Å²) in [5, 5.41) is 0. The van der Waals surface area contributed by atoms with Crippen molar-refractivity contribution in [2.75, 3.05) is 0 Å². The van der Waals surface area contributed by atoms with Gasteiger partial charge in [-0.05, 0) is 223 Å². The maximum Gasteiger partial charge on any atom is 0.0273 e. The molecule has 0 aliphatic heterocycles. The van der Waals surface area contributed by atoms with Gasteiger partial charge in [0.05, 0.1) is 0 Å². The van der Waals surface area contributed by atoms with Gasteiger partial charge in [-0.1, -0.05) is 178 Å². The van der Waals surface area contributed by atoms with Crippen molar-refractivity contribution >= 4 is 0 Å². The molecule has 9 aromatic rings. The fourth-order valence-corrected chi connectivity index (χ4v) is 11.6. The van der Waals surface area contributed by atoms with Crippen LogP contribution in [0.5, 0.6) is 0 Å². The summed E-state index contributed by atoms with van der Waals surface area (Å²) >= 11 is 0. The monoisotopic (exact) mass is 1030 g/mol. The zero-order valence-electron chi connectivity index (χ0n) is 47.3. The number of hydrogen-bond acceptors (Lipinski definition) is 4. The Morgan fingerprint density at radius 2 is 0.423 bits per heavy atom. The molecule has 9 rings (SSSR count). The van der Waals surface area contributed by atoms with Crippen molar-refractivity contribution in [2.24, 2.45) is 0 Å². The second-order valence-electron chi connectivity index (χ2n) is 21.6. The van der Waals surface area contributed by atoms with Crippen LogP contribution < -0.4 is 0 Å². The second-order valence-corrected chi connectivity index (χ2v) is 21.6. The fraction of sp³-hybridized carbons (Fsp3) is 0.324. The maximum atomic E-state index is 4.42. The molecular formula is C74H82N4. The lowest BCUT2D eigenvalue weighted by molar-refractivity contribution is 0.667. The van der Waals surface area contributed by atoms with E-state index in [9.17, 15) is 0 Å².